The maximum Gasteiger partial charge on any atom is 0.149 e. The number of fused-ring (bicyclic) bond motifs is 1. The minimum atomic E-state index is 0.179. The Bertz CT molecular complexity index is 577. The van der Waals surface area contributed by atoms with E-state index in [0.717, 1.165) is 25.3 Å². The SMILES string of the molecule is CC(NC1CCNCc2ccccc21)c1nncn1C. The van der Waals surface area contributed by atoms with Gasteiger partial charge in [-0.25, -0.2) is 0 Å². The highest BCUT2D eigenvalue weighted by molar-refractivity contribution is 5.31. The molecule has 1 aliphatic heterocycles. The second-order valence-corrected chi connectivity index (χ2v) is 5.41. The van der Waals surface area contributed by atoms with E-state index in [2.05, 4.69) is 52.0 Å². The number of benzene rings is 1. The van der Waals surface area contributed by atoms with E-state index in [-0.39, 0.29) is 6.04 Å². The van der Waals surface area contributed by atoms with Gasteiger partial charge in [-0.15, -0.1) is 10.2 Å². The smallest absolute Gasteiger partial charge is 0.149 e. The summed E-state index contributed by atoms with van der Waals surface area (Å²) in [6.07, 6.45) is 2.83. The van der Waals surface area contributed by atoms with Gasteiger partial charge in [0.05, 0.1) is 6.04 Å². The molecule has 20 heavy (non-hydrogen) atoms. The van der Waals surface area contributed by atoms with Crippen LogP contribution in [0.15, 0.2) is 30.6 Å². The molecule has 0 bridgehead atoms. The molecule has 2 aromatic rings. The van der Waals surface area contributed by atoms with Crippen molar-refractivity contribution in [3.05, 3.63) is 47.5 Å². The molecule has 106 valence electrons. The molecular weight excluding hydrogens is 250 g/mol. The van der Waals surface area contributed by atoms with Gasteiger partial charge in [-0.05, 0) is 31.0 Å². The number of hydrogen-bond acceptors (Lipinski definition) is 4. The fraction of sp³-hybridized carbons (Fsp3) is 0.467. The van der Waals surface area contributed by atoms with Crippen molar-refractivity contribution in [3.8, 4) is 0 Å². The lowest BCUT2D eigenvalue weighted by atomic mass is 9.98. The highest BCUT2D eigenvalue weighted by atomic mass is 15.3. The Morgan fingerprint density at radius 3 is 3.05 bits per heavy atom. The molecule has 1 aromatic carbocycles. The quantitative estimate of drug-likeness (QED) is 0.892. The van der Waals surface area contributed by atoms with Gasteiger partial charge in [0, 0.05) is 19.6 Å². The summed E-state index contributed by atoms with van der Waals surface area (Å²) in [5.41, 5.74) is 2.78. The first-order valence-electron chi connectivity index (χ1n) is 7.14. The minimum absolute atomic E-state index is 0.179. The van der Waals surface area contributed by atoms with E-state index in [9.17, 15) is 0 Å². The van der Waals surface area contributed by atoms with Crippen LogP contribution in [0.1, 0.15) is 42.4 Å². The van der Waals surface area contributed by atoms with E-state index in [1.165, 1.54) is 11.1 Å². The molecule has 0 radical (unpaired) electrons. The van der Waals surface area contributed by atoms with Crippen molar-refractivity contribution in [3.63, 3.8) is 0 Å². The average molecular weight is 271 g/mol. The van der Waals surface area contributed by atoms with Crippen LogP contribution in [0.3, 0.4) is 0 Å². The first-order chi connectivity index (χ1) is 9.75. The van der Waals surface area contributed by atoms with Gasteiger partial charge in [-0.3, -0.25) is 0 Å². The lowest BCUT2D eigenvalue weighted by Crippen LogP contribution is -2.27. The van der Waals surface area contributed by atoms with Crippen LogP contribution >= 0.6 is 0 Å². The molecule has 5 nitrogen and oxygen atoms in total. The van der Waals surface area contributed by atoms with Gasteiger partial charge >= 0.3 is 0 Å². The highest BCUT2D eigenvalue weighted by Gasteiger charge is 2.21. The molecule has 1 aromatic heterocycles. The van der Waals surface area contributed by atoms with Crippen LogP contribution in [0.2, 0.25) is 0 Å². The second-order valence-electron chi connectivity index (χ2n) is 5.41. The van der Waals surface area contributed by atoms with Gasteiger partial charge < -0.3 is 15.2 Å². The fourth-order valence-corrected chi connectivity index (χ4v) is 2.89. The Kier molecular flexibility index (Phi) is 3.80. The van der Waals surface area contributed by atoms with E-state index in [1.54, 1.807) is 6.33 Å². The van der Waals surface area contributed by atoms with Gasteiger partial charge in [0.15, 0.2) is 0 Å². The first-order valence-corrected chi connectivity index (χ1v) is 7.14. The molecule has 0 aliphatic carbocycles. The van der Waals surface area contributed by atoms with Crippen LogP contribution in [0.4, 0.5) is 0 Å². The number of nitrogens with one attached hydrogen (secondary N) is 2. The van der Waals surface area contributed by atoms with E-state index >= 15 is 0 Å². The third-order valence-corrected chi connectivity index (χ3v) is 3.94. The third kappa shape index (κ3) is 2.59. The molecule has 1 aliphatic rings. The van der Waals surface area contributed by atoms with Crippen molar-refractivity contribution >= 4 is 0 Å². The van der Waals surface area contributed by atoms with Gasteiger partial charge in [0.1, 0.15) is 12.2 Å². The zero-order valence-electron chi connectivity index (χ0n) is 12.0. The number of nitrogens with zero attached hydrogens (tertiary/aromatic N) is 3. The second kappa shape index (κ2) is 5.73. The molecule has 0 fully saturated rings. The largest absolute Gasteiger partial charge is 0.319 e. The monoisotopic (exact) mass is 271 g/mol. The lowest BCUT2D eigenvalue weighted by molar-refractivity contribution is 0.424. The van der Waals surface area contributed by atoms with Crippen LogP contribution in [0.5, 0.6) is 0 Å². The summed E-state index contributed by atoms with van der Waals surface area (Å²) in [5, 5.41) is 15.3. The normalized spacial score (nSPS) is 20.2. The summed E-state index contributed by atoms with van der Waals surface area (Å²) in [6.45, 7) is 4.12. The zero-order chi connectivity index (χ0) is 13.9. The van der Waals surface area contributed by atoms with Crippen molar-refractivity contribution in [2.75, 3.05) is 6.54 Å². The van der Waals surface area contributed by atoms with Gasteiger partial charge in [-0.2, -0.15) is 0 Å². The molecular formula is C15H21N5. The van der Waals surface area contributed by atoms with Crippen LogP contribution in [0.25, 0.3) is 0 Å². The number of aromatic nitrogens is 3. The van der Waals surface area contributed by atoms with E-state index in [4.69, 9.17) is 0 Å². The van der Waals surface area contributed by atoms with Crippen molar-refractivity contribution in [1.82, 2.24) is 25.4 Å². The lowest BCUT2D eigenvalue weighted by Gasteiger charge is -2.23. The summed E-state index contributed by atoms with van der Waals surface area (Å²) in [7, 11) is 1.98. The van der Waals surface area contributed by atoms with Gasteiger partial charge in [0.2, 0.25) is 0 Å². The maximum atomic E-state index is 4.20. The summed E-state index contributed by atoms with van der Waals surface area (Å²) >= 11 is 0. The van der Waals surface area contributed by atoms with E-state index in [0.29, 0.717) is 6.04 Å². The fourth-order valence-electron chi connectivity index (χ4n) is 2.89. The number of hydrogen-bond donors (Lipinski definition) is 2. The Morgan fingerprint density at radius 2 is 2.25 bits per heavy atom. The molecule has 5 heteroatoms. The highest BCUT2D eigenvalue weighted by Crippen LogP contribution is 2.26. The predicted molar refractivity (Wildman–Crippen MR) is 78.1 cm³/mol. The third-order valence-electron chi connectivity index (χ3n) is 3.94. The molecule has 2 unspecified atom stereocenters. The Morgan fingerprint density at radius 1 is 1.40 bits per heavy atom. The van der Waals surface area contributed by atoms with Crippen LogP contribution < -0.4 is 10.6 Å². The van der Waals surface area contributed by atoms with Crippen LogP contribution in [-0.4, -0.2) is 21.3 Å². The molecule has 2 N–H and O–H groups in total. The summed E-state index contributed by atoms with van der Waals surface area (Å²) < 4.78 is 1.97. The predicted octanol–water partition coefficient (Wildman–Crippen LogP) is 1.70. The summed E-state index contributed by atoms with van der Waals surface area (Å²) in [4.78, 5) is 0. The number of rotatable bonds is 3. The van der Waals surface area contributed by atoms with Gasteiger partial charge in [0.25, 0.3) is 0 Å². The Labute approximate surface area is 119 Å². The van der Waals surface area contributed by atoms with Crippen LogP contribution in [-0.2, 0) is 13.6 Å². The first kappa shape index (κ1) is 13.3. The Balaban J connectivity index is 1.82. The zero-order valence-corrected chi connectivity index (χ0v) is 12.0. The molecule has 0 saturated heterocycles. The average Bonchev–Trinajstić information content (AvgIpc) is 2.78. The van der Waals surface area contributed by atoms with Crippen molar-refractivity contribution < 1.29 is 0 Å². The van der Waals surface area contributed by atoms with Crippen molar-refractivity contribution in [2.24, 2.45) is 7.05 Å². The number of aryl methyl sites for hydroxylation is 1. The Hall–Kier alpha value is -1.72. The molecule has 0 spiro atoms. The van der Waals surface area contributed by atoms with E-state index in [1.807, 2.05) is 11.6 Å². The summed E-state index contributed by atoms with van der Waals surface area (Å²) in [5.74, 6) is 0.972. The minimum Gasteiger partial charge on any atom is -0.319 e. The van der Waals surface area contributed by atoms with Crippen molar-refractivity contribution in [2.45, 2.75) is 32.0 Å². The molecule has 2 heterocycles. The molecule has 3 rings (SSSR count). The van der Waals surface area contributed by atoms with E-state index < -0.39 is 0 Å². The van der Waals surface area contributed by atoms with Gasteiger partial charge in [-0.1, -0.05) is 24.3 Å². The topological polar surface area (TPSA) is 54.8 Å². The summed E-state index contributed by atoms with van der Waals surface area (Å²) in [6, 6.07) is 9.19. The molecule has 0 saturated carbocycles. The van der Waals surface area contributed by atoms with Crippen molar-refractivity contribution in [1.29, 1.82) is 0 Å². The van der Waals surface area contributed by atoms with Crippen LogP contribution in [0, 0.1) is 0 Å². The standard InChI is InChI=1S/C15H21N5/c1-11(15-19-17-10-20(15)2)18-14-7-8-16-9-12-5-3-4-6-13(12)14/h3-6,10-11,14,16,18H,7-9H2,1-2H3. The molecule has 2 atom stereocenters. The molecule has 0 amide bonds. The maximum absolute atomic E-state index is 4.20.